The van der Waals surface area contributed by atoms with Gasteiger partial charge >= 0.3 is 0 Å². The number of fused-ring (bicyclic) bond motifs is 1. The van der Waals surface area contributed by atoms with Crippen molar-refractivity contribution in [3.8, 4) is 5.75 Å². The van der Waals surface area contributed by atoms with Crippen LogP contribution in [0.25, 0.3) is 11.0 Å². The molecule has 0 bridgehead atoms. The number of methoxy groups -OCH3 is 1. The maximum absolute atomic E-state index is 6.30. The second-order valence-corrected chi connectivity index (χ2v) is 6.85. The molecule has 1 aromatic carbocycles. The minimum Gasteiger partial charge on any atom is -0.497 e. The molecule has 4 nitrogen and oxygen atoms in total. The van der Waals surface area contributed by atoms with Gasteiger partial charge in [-0.1, -0.05) is 0 Å². The van der Waals surface area contributed by atoms with Gasteiger partial charge in [0, 0.05) is 17.1 Å². The normalized spacial score (nSPS) is 12.8. The lowest BCUT2D eigenvalue weighted by Gasteiger charge is -2.09. The molecule has 3 rings (SSSR count). The molecule has 0 aliphatic heterocycles. The summed E-state index contributed by atoms with van der Waals surface area (Å²) in [5.74, 6) is 1.67. The number of aryl methyl sites for hydroxylation is 1. The highest BCUT2D eigenvalue weighted by molar-refractivity contribution is 7.11. The summed E-state index contributed by atoms with van der Waals surface area (Å²) in [6.45, 7) is 4.69. The fourth-order valence-corrected chi connectivity index (χ4v) is 3.31. The highest BCUT2D eigenvalue weighted by atomic mass is 35.5. The number of thiazole rings is 1. The van der Waals surface area contributed by atoms with Gasteiger partial charge in [0.25, 0.3) is 0 Å². The van der Waals surface area contributed by atoms with Crippen molar-refractivity contribution in [3.05, 3.63) is 40.1 Å². The molecule has 0 spiro atoms. The number of ether oxygens (including phenoxy) is 1. The number of rotatable bonds is 4. The Bertz CT molecular complexity index is 778. The number of halogens is 1. The van der Waals surface area contributed by atoms with Gasteiger partial charge in [-0.25, -0.2) is 9.97 Å². The standard InChI is InChI=1S/C15H16ClN3OS/c1-9(16)15-18-13-6-11(20-3)4-5-14(13)19(15)8-12-7-17-10(2)21-12/h4-7,9H,8H2,1-3H3. The molecule has 0 saturated heterocycles. The zero-order valence-electron chi connectivity index (χ0n) is 12.1. The molecule has 0 fully saturated rings. The van der Waals surface area contributed by atoms with Crippen molar-refractivity contribution in [3.63, 3.8) is 0 Å². The molecule has 0 saturated carbocycles. The van der Waals surface area contributed by atoms with Gasteiger partial charge in [-0.05, 0) is 26.0 Å². The van der Waals surface area contributed by atoms with E-state index in [1.807, 2.05) is 38.2 Å². The highest BCUT2D eigenvalue weighted by Crippen LogP contribution is 2.28. The summed E-state index contributed by atoms with van der Waals surface area (Å²) in [4.78, 5) is 10.2. The molecule has 6 heteroatoms. The van der Waals surface area contributed by atoms with Gasteiger partial charge in [-0.3, -0.25) is 0 Å². The van der Waals surface area contributed by atoms with E-state index in [4.69, 9.17) is 16.3 Å². The van der Waals surface area contributed by atoms with Crippen LogP contribution in [0.15, 0.2) is 24.4 Å². The summed E-state index contributed by atoms with van der Waals surface area (Å²) < 4.78 is 7.42. The first-order chi connectivity index (χ1) is 10.1. The molecule has 0 aliphatic rings. The molecule has 0 aliphatic carbocycles. The topological polar surface area (TPSA) is 39.9 Å². The number of hydrogen-bond donors (Lipinski definition) is 0. The summed E-state index contributed by atoms with van der Waals surface area (Å²) in [7, 11) is 1.66. The number of hydrogen-bond acceptors (Lipinski definition) is 4. The average Bonchev–Trinajstić information content (AvgIpc) is 3.03. The lowest BCUT2D eigenvalue weighted by atomic mass is 10.3. The van der Waals surface area contributed by atoms with E-state index < -0.39 is 0 Å². The molecule has 2 aromatic heterocycles. The van der Waals surface area contributed by atoms with Crippen molar-refractivity contribution in [2.45, 2.75) is 25.8 Å². The van der Waals surface area contributed by atoms with Crippen LogP contribution in [0.5, 0.6) is 5.75 Å². The Kier molecular flexibility index (Phi) is 3.87. The Hall–Kier alpha value is -1.59. The summed E-state index contributed by atoms with van der Waals surface area (Å²) in [5, 5.41) is 0.911. The molecule has 0 amide bonds. The largest absolute Gasteiger partial charge is 0.497 e. The average molecular weight is 322 g/mol. The van der Waals surface area contributed by atoms with Crippen LogP contribution in [0, 0.1) is 6.92 Å². The zero-order valence-corrected chi connectivity index (χ0v) is 13.7. The summed E-state index contributed by atoms with van der Waals surface area (Å²) in [5.41, 5.74) is 1.96. The maximum atomic E-state index is 6.30. The predicted molar refractivity (Wildman–Crippen MR) is 86.5 cm³/mol. The SMILES string of the molecule is COc1ccc2c(c1)nc(C(C)Cl)n2Cc1cnc(C)s1. The molecule has 1 atom stereocenters. The number of aromatic nitrogens is 3. The highest BCUT2D eigenvalue weighted by Gasteiger charge is 2.16. The quantitative estimate of drug-likeness (QED) is 0.677. The summed E-state index contributed by atoms with van der Waals surface area (Å²) >= 11 is 7.99. The van der Waals surface area contributed by atoms with Gasteiger partial charge in [0.1, 0.15) is 11.6 Å². The van der Waals surface area contributed by atoms with E-state index in [-0.39, 0.29) is 5.38 Å². The minimum absolute atomic E-state index is 0.155. The van der Waals surface area contributed by atoms with E-state index in [1.165, 1.54) is 4.88 Å². The maximum Gasteiger partial charge on any atom is 0.128 e. The van der Waals surface area contributed by atoms with Crippen molar-refractivity contribution < 1.29 is 4.74 Å². The van der Waals surface area contributed by atoms with E-state index in [0.29, 0.717) is 0 Å². The van der Waals surface area contributed by atoms with Crippen LogP contribution in [0.4, 0.5) is 0 Å². The second-order valence-electron chi connectivity index (χ2n) is 4.87. The molecule has 0 N–H and O–H groups in total. The monoisotopic (exact) mass is 321 g/mol. The van der Waals surface area contributed by atoms with Crippen LogP contribution in [0.2, 0.25) is 0 Å². The van der Waals surface area contributed by atoms with Gasteiger partial charge in [-0.15, -0.1) is 22.9 Å². The van der Waals surface area contributed by atoms with Crippen molar-refractivity contribution in [2.24, 2.45) is 0 Å². The molecule has 110 valence electrons. The van der Waals surface area contributed by atoms with Crippen molar-refractivity contribution >= 4 is 34.0 Å². The molecule has 3 aromatic rings. The van der Waals surface area contributed by atoms with Gasteiger partial charge in [0.15, 0.2) is 0 Å². The smallest absolute Gasteiger partial charge is 0.128 e. The minimum atomic E-state index is -0.155. The van der Waals surface area contributed by atoms with Crippen LogP contribution < -0.4 is 4.74 Å². The number of benzene rings is 1. The van der Waals surface area contributed by atoms with Gasteiger partial charge in [0.2, 0.25) is 0 Å². The van der Waals surface area contributed by atoms with Crippen LogP contribution >= 0.6 is 22.9 Å². The van der Waals surface area contributed by atoms with Crippen LogP contribution in [-0.4, -0.2) is 21.6 Å². The Morgan fingerprint density at radius 2 is 2.24 bits per heavy atom. The third-order valence-corrected chi connectivity index (χ3v) is 4.42. The van der Waals surface area contributed by atoms with Crippen LogP contribution in [0.1, 0.15) is 28.0 Å². The van der Waals surface area contributed by atoms with E-state index in [0.717, 1.165) is 34.2 Å². The van der Waals surface area contributed by atoms with Crippen molar-refractivity contribution in [2.75, 3.05) is 7.11 Å². The molecule has 0 radical (unpaired) electrons. The number of nitrogens with zero attached hydrogens (tertiary/aromatic N) is 3. The lowest BCUT2D eigenvalue weighted by Crippen LogP contribution is -2.04. The Balaban J connectivity index is 2.11. The van der Waals surface area contributed by atoms with Gasteiger partial charge in [-0.2, -0.15) is 0 Å². The predicted octanol–water partition coefficient (Wildman–Crippen LogP) is 4.16. The van der Waals surface area contributed by atoms with Crippen LogP contribution in [-0.2, 0) is 6.54 Å². The van der Waals surface area contributed by atoms with Crippen molar-refractivity contribution in [1.82, 2.24) is 14.5 Å². The first kappa shape index (κ1) is 14.4. The van der Waals surface area contributed by atoms with E-state index >= 15 is 0 Å². The molecular weight excluding hydrogens is 306 g/mol. The number of imidazole rings is 1. The van der Waals surface area contributed by atoms with Gasteiger partial charge in [0.05, 0.1) is 35.1 Å². The van der Waals surface area contributed by atoms with Crippen LogP contribution in [0.3, 0.4) is 0 Å². The van der Waals surface area contributed by atoms with Crippen molar-refractivity contribution in [1.29, 1.82) is 0 Å². The number of alkyl halides is 1. The fourth-order valence-electron chi connectivity index (χ4n) is 2.36. The lowest BCUT2D eigenvalue weighted by molar-refractivity contribution is 0.415. The molecular formula is C15H16ClN3OS. The van der Waals surface area contributed by atoms with E-state index in [9.17, 15) is 0 Å². The fraction of sp³-hybridized carbons (Fsp3) is 0.333. The Morgan fingerprint density at radius 3 is 2.86 bits per heavy atom. The summed E-state index contributed by atoms with van der Waals surface area (Å²) in [6, 6.07) is 5.91. The zero-order chi connectivity index (χ0) is 15.0. The third-order valence-electron chi connectivity index (χ3n) is 3.32. The third kappa shape index (κ3) is 2.76. The molecule has 1 unspecified atom stereocenters. The summed E-state index contributed by atoms with van der Waals surface area (Å²) in [6.07, 6.45) is 1.91. The first-order valence-corrected chi connectivity index (χ1v) is 7.93. The molecule has 21 heavy (non-hydrogen) atoms. The Labute approximate surface area is 132 Å². The van der Waals surface area contributed by atoms with E-state index in [2.05, 4.69) is 14.5 Å². The first-order valence-electron chi connectivity index (χ1n) is 6.68. The van der Waals surface area contributed by atoms with E-state index in [1.54, 1.807) is 18.4 Å². The van der Waals surface area contributed by atoms with Gasteiger partial charge < -0.3 is 9.30 Å². The molecule has 2 heterocycles. The Morgan fingerprint density at radius 1 is 1.43 bits per heavy atom. The second kappa shape index (κ2) is 5.66.